The molecule has 1 aromatic carbocycles. The number of fused-ring (bicyclic) bond motifs is 1. The van der Waals surface area contributed by atoms with Crippen molar-refractivity contribution in [3.05, 3.63) is 18.2 Å². The van der Waals surface area contributed by atoms with Gasteiger partial charge in [-0.25, -0.2) is 0 Å². The quantitative estimate of drug-likeness (QED) is 0.824. The van der Waals surface area contributed by atoms with Gasteiger partial charge in [-0.05, 0) is 31.5 Å². The Morgan fingerprint density at radius 3 is 2.89 bits per heavy atom. The fourth-order valence-corrected chi connectivity index (χ4v) is 2.26. The molecular weight excluding hydrogens is 232 g/mol. The minimum absolute atomic E-state index is 0.0178. The molecule has 1 atom stereocenters. The summed E-state index contributed by atoms with van der Waals surface area (Å²) in [6.45, 7) is 2.04. The van der Waals surface area contributed by atoms with E-state index >= 15 is 0 Å². The van der Waals surface area contributed by atoms with Gasteiger partial charge < -0.3 is 20.1 Å². The van der Waals surface area contributed by atoms with Crippen LogP contribution in [0.3, 0.4) is 0 Å². The molecule has 0 aromatic heterocycles. The minimum atomic E-state index is -0.0711. The maximum absolute atomic E-state index is 11.9. The first kappa shape index (κ1) is 11.3. The van der Waals surface area contributed by atoms with Crippen molar-refractivity contribution >= 4 is 11.6 Å². The highest BCUT2D eigenvalue weighted by Crippen LogP contribution is 2.32. The number of nitrogens with one attached hydrogen (secondary N) is 2. The Hall–Kier alpha value is -1.75. The highest BCUT2D eigenvalue weighted by atomic mass is 16.6. The second kappa shape index (κ2) is 4.86. The average molecular weight is 248 g/mol. The molecule has 0 bridgehead atoms. The van der Waals surface area contributed by atoms with E-state index in [1.807, 2.05) is 12.1 Å². The summed E-state index contributed by atoms with van der Waals surface area (Å²) < 4.78 is 10.9. The fraction of sp³-hybridized carbons (Fsp3) is 0.462. The zero-order valence-corrected chi connectivity index (χ0v) is 10.1. The lowest BCUT2D eigenvalue weighted by Crippen LogP contribution is -2.35. The molecule has 1 saturated heterocycles. The molecule has 0 aliphatic carbocycles. The summed E-state index contributed by atoms with van der Waals surface area (Å²) in [5, 5.41) is 6.07. The lowest BCUT2D eigenvalue weighted by atomic mass is 10.2. The molecule has 18 heavy (non-hydrogen) atoms. The molecule has 2 N–H and O–H groups in total. The third-order valence-electron chi connectivity index (χ3n) is 3.19. The van der Waals surface area contributed by atoms with Gasteiger partial charge in [0.15, 0.2) is 11.5 Å². The number of carbonyl (C=O) groups excluding carboxylic acids is 1. The maximum Gasteiger partial charge on any atom is 0.241 e. The molecule has 3 rings (SSSR count). The zero-order chi connectivity index (χ0) is 12.4. The van der Waals surface area contributed by atoms with E-state index in [4.69, 9.17) is 9.47 Å². The first-order chi connectivity index (χ1) is 8.83. The Morgan fingerprint density at radius 1 is 1.28 bits per heavy atom. The Morgan fingerprint density at radius 2 is 2.11 bits per heavy atom. The molecule has 2 aliphatic rings. The molecule has 5 heteroatoms. The van der Waals surface area contributed by atoms with E-state index in [1.165, 1.54) is 0 Å². The van der Waals surface area contributed by atoms with Crippen molar-refractivity contribution in [3.8, 4) is 11.5 Å². The number of carbonyl (C=O) groups is 1. The van der Waals surface area contributed by atoms with E-state index < -0.39 is 0 Å². The molecule has 2 heterocycles. The summed E-state index contributed by atoms with van der Waals surface area (Å²) in [5.41, 5.74) is 0.748. The minimum Gasteiger partial charge on any atom is -0.486 e. The predicted molar refractivity (Wildman–Crippen MR) is 67.1 cm³/mol. The van der Waals surface area contributed by atoms with Crippen LogP contribution in [-0.4, -0.2) is 31.7 Å². The van der Waals surface area contributed by atoms with Crippen LogP contribution in [0, 0.1) is 0 Å². The van der Waals surface area contributed by atoms with Crippen molar-refractivity contribution in [2.24, 2.45) is 0 Å². The van der Waals surface area contributed by atoms with Crippen molar-refractivity contribution in [2.45, 2.75) is 18.9 Å². The monoisotopic (exact) mass is 248 g/mol. The zero-order valence-electron chi connectivity index (χ0n) is 10.1. The van der Waals surface area contributed by atoms with Crippen LogP contribution in [-0.2, 0) is 4.79 Å². The van der Waals surface area contributed by atoms with Crippen molar-refractivity contribution in [1.29, 1.82) is 0 Å². The van der Waals surface area contributed by atoms with E-state index in [0.29, 0.717) is 19.0 Å². The van der Waals surface area contributed by atoms with Gasteiger partial charge in [0.1, 0.15) is 13.2 Å². The fourth-order valence-electron chi connectivity index (χ4n) is 2.26. The predicted octanol–water partition coefficient (Wildman–Crippen LogP) is 1.15. The summed E-state index contributed by atoms with van der Waals surface area (Å²) in [5.74, 6) is 1.45. The third-order valence-corrected chi connectivity index (χ3v) is 3.19. The van der Waals surface area contributed by atoms with Gasteiger partial charge in [-0.2, -0.15) is 0 Å². The van der Waals surface area contributed by atoms with Crippen LogP contribution >= 0.6 is 0 Å². The van der Waals surface area contributed by atoms with E-state index in [-0.39, 0.29) is 11.9 Å². The first-order valence-corrected chi connectivity index (χ1v) is 6.27. The summed E-state index contributed by atoms with van der Waals surface area (Å²) >= 11 is 0. The van der Waals surface area contributed by atoms with Crippen LogP contribution in [0.15, 0.2) is 18.2 Å². The lowest BCUT2D eigenvalue weighted by Gasteiger charge is -2.19. The normalized spacial score (nSPS) is 21.7. The van der Waals surface area contributed by atoms with Gasteiger partial charge in [0.2, 0.25) is 5.91 Å². The molecule has 1 fully saturated rings. The summed E-state index contributed by atoms with van der Waals surface area (Å²) in [4.78, 5) is 11.9. The van der Waals surface area contributed by atoms with E-state index in [2.05, 4.69) is 10.6 Å². The Balaban J connectivity index is 1.70. The third kappa shape index (κ3) is 2.26. The van der Waals surface area contributed by atoms with E-state index in [9.17, 15) is 4.79 Å². The Bertz CT molecular complexity index is 456. The first-order valence-electron chi connectivity index (χ1n) is 6.27. The van der Waals surface area contributed by atoms with E-state index in [0.717, 1.165) is 30.8 Å². The van der Waals surface area contributed by atoms with Crippen molar-refractivity contribution in [3.63, 3.8) is 0 Å². The highest BCUT2D eigenvalue weighted by Gasteiger charge is 2.22. The molecule has 1 aromatic rings. The van der Waals surface area contributed by atoms with Gasteiger partial charge in [-0.3, -0.25) is 4.79 Å². The summed E-state index contributed by atoms with van der Waals surface area (Å²) in [7, 11) is 0. The Labute approximate surface area is 105 Å². The summed E-state index contributed by atoms with van der Waals surface area (Å²) in [6, 6.07) is 5.40. The van der Waals surface area contributed by atoms with Gasteiger partial charge in [-0.15, -0.1) is 0 Å². The molecule has 0 saturated carbocycles. The van der Waals surface area contributed by atoms with Crippen LogP contribution in [0.2, 0.25) is 0 Å². The maximum atomic E-state index is 11.9. The second-order valence-corrected chi connectivity index (χ2v) is 4.50. The molecule has 2 aliphatic heterocycles. The lowest BCUT2D eigenvalue weighted by molar-refractivity contribution is -0.117. The molecular formula is C13H16N2O3. The van der Waals surface area contributed by atoms with Crippen LogP contribution in [0.1, 0.15) is 12.8 Å². The Kier molecular flexibility index (Phi) is 3.06. The van der Waals surface area contributed by atoms with Gasteiger partial charge in [0.05, 0.1) is 6.04 Å². The van der Waals surface area contributed by atoms with Gasteiger partial charge in [0, 0.05) is 11.8 Å². The second-order valence-electron chi connectivity index (χ2n) is 4.50. The van der Waals surface area contributed by atoms with Gasteiger partial charge in [-0.1, -0.05) is 0 Å². The van der Waals surface area contributed by atoms with Gasteiger partial charge in [0.25, 0.3) is 0 Å². The number of anilines is 1. The highest BCUT2D eigenvalue weighted by molar-refractivity contribution is 5.95. The largest absolute Gasteiger partial charge is 0.486 e. The molecule has 1 amide bonds. The molecule has 0 unspecified atom stereocenters. The van der Waals surface area contributed by atoms with Crippen LogP contribution in [0.5, 0.6) is 11.5 Å². The standard InChI is InChI=1S/C13H16N2O3/c16-13(10-2-1-5-14-10)15-9-3-4-11-12(8-9)18-7-6-17-11/h3-4,8,10,14H,1-2,5-7H2,(H,15,16)/t10-/m1/s1. The van der Waals surface area contributed by atoms with Crippen molar-refractivity contribution in [1.82, 2.24) is 5.32 Å². The van der Waals surface area contributed by atoms with Crippen LogP contribution in [0.4, 0.5) is 5.69 Å². The van der Waals surface area contributed by atoms with E-state index in [1.54, 1.807) is 6.07 Å². The number of hydrogen-bond acceptors (Lipinski definition) is 4. The number of hydrogen-bond donors (Lipinski definition) is 2. The number of amides is 1. The average Bonchev–Trinajstić information content (AvgIpc) is 2.92. The number of ether oxygens (including phenoxy) is 2. The van der Waals surface area contributed by atoms with Gasteiger partial charge >= 0.3 is 0 Å². The molecule has 96 valence electrons. The molecule has 5 nitrogen and oxygen atoms in total. The van der Waals surface area contributed by atoms with Crippen molar-refractivity contribution in [2.75, 3.05) is 25.1 Å². The smallest absolute Gasteiger partial charge is 0.241 e. The summed E-state index contributed by atoms with van der Waals surface area (Å²) in [6.07, 6.45) is 1.95. The number of rotatable bonds is 2. The van der Waals surface area contributed by atoms with Crippen molar-refractivity contribution < 1.29 is 14.3 Å². The SMILES string of the molecule is O=C(Nc1ccc2c(c1)OCCO2)[C@H]1CCCN1. The molecule has 0 radical (unpaired) electrons. The van der Waals surface area contributed by atoms with Crippen LogP contribution < -0.4 is 20.1 Å². The molecule has 0 spiro atoms. The van der Waals surface area contributed by atoms with Crippen LogP contribution in [0.25, 0.3) is 0 Å². The number of benzene rings is 1. The topological polar surface area (TPSA) is 59.6 Å².